The predicted molar refractivity (Wildman–Crippen MR) is 68.6 cm³/mol. The van der Waals surface area contributed by atoms with Crippen molar-refractivity contribution in [2.75, 3.05) is 13.1 Å². The van der Waals surface area contributed by atoms with Crippen LogP contribution in [0.5, 0.6) is 0 Å². The van der Waals surface area contributed by atoms with Crippen molar-refractivity contribution in [2.24, 2.45) is 0 Å². The quantitative estimate of drug-likeness (QED) is 0.880. The van der Waals surface area contributed by atoms with E-state index in [0.717, 1.165) is 0 Å². The number of nitrogens with zero attached hydrogens (tertiary/aromatic N) is 1. The standard InChI is InChI=1S/C13H16ClNO3/c14-11-4-2-1-3-10(11)12(13(17)18)15-7-5-9(16)6-8-15/h1-4,9,12,16H,5-8H2,(H,17,18). The zero-order chi connectivity index (χ0) is 13.1. The van der Waals surface area contributed by atoms with Crippen LogP contribution in [0.25, 0.3) is 0 Å². The van der Waals surface area contributed by atoms with Crippen LogP contribution in [0.15, 0.2) is 24.3 Å². The first kappa shape index (κ1) is 13.3. The highest BCUT2D eigenvalue weighted by Crippen LogP contribution is 2.29. The lowest BCUT2D eigenvalue weighted by molar-refractivity contribution is -0.144. The number of aliphatic hydroxyl groups excluding tert-OH is 1. The summed E-state index contributed by atoms with van der Waals surface area (Å²) in [6.45, 7) is 1.15. The van der Waals surface area contributed by atoms with Gasteiger partial charge in [0.15, 0.2) is 0 Å². The maximum atomic E-state index is 11.5. The van der Waals surface area contributed by atoms with Crippen molar-refractivity contribution in [3.05, 3.63) is 34.9 Å². The van der Waals surface area contributed by atoms with Gasteiger partial charge in [0.1, 0.15) is 6.04 Å². The summed E-state index contributed by atoms with van der Waals surface area (Å²) in [6.07, 6.45) is 0.893. The third-order valence-electron chi connectivity index (χ3n) is 3.30. The lowest BCUT2D eigenvalue weighted by atomic mass is 10.0. The Labute approximate surface area is 111 Å². The summed E-state index contributed by atoms with van der Waals surface area (Å²) in [6, 6.07) is 6.28. The van der Waals surface area contributed by atoms with E-state index >= 15 is 0 Å². The third-order valence-corrected chi connectivity index (χ3v) is 3.64. The fourth-order valence-corrected chi connectivity index (χ4v) is 2.57. The summed E-state index contributed by atoms with van der Waals surface area (Å²) in [5, 5.41) is 19.3. The van der Waals surface area contributed by atoms with Crippen LogP contribution in [0.2, 0.25) is 5.02 Å². The van der Waals surface area contributed by atoms with Crippen LogP contribution in [-0.2, 0) is 4.79 Å². The molecule has 2 rings (SSSR count). The van der Waals surface area contributed by atoms with Gasteiger partial charge >= 0.3 is 5.97 Å². The molecular formula is C13H16ClNO3. The zero-order valence-electron chi connectivity index (χ0n) is 9.92. The van der Waals surface area contributed by atoms with Gasteiger partial charge in [-0.3, -0.25) is 9.69 Å². The molecule has 0 aromatic heterocycles. The van der Waals surface area contributed by atoms with E-state index in [2.05, 4.69) is 0 Å². The van der Waals surface area contributed by atoms with Crippen LogP contribution in [0.3, 0.4) is 0 Å². The Balaban J connectivity index is 2.24. The second kappa shape index (κ2) is 5.69. The fraction of sp³-hybridized carbons (Fsp3) is 0.462. The minimum Gasteiger partial charge on any atom is -0.480 e. The molecule has 1 fully saturated rings. The maximum Gasteiger partial charge on any atom is 0.325 e. The number of carbonyl (C=O) groups is 1. The van der Waals surface area contributed by atoms with E-state index in [9.17, 15) is 15.0 Å². The average molecular weight is 270 g/mol. The number of likely N-dealkylation sites (tertiary alicyclic amines) is 1. The molecule has 4 nitrogen and oxygen atoms in total. The number of rotatable bonds is 3. The van der Waals surface area contributed by atoms with Crippen molar-refractivity contribution in [3.8, 4) is 0 Å². The first-order chi connectivity index (χ1) is 8.59. The predicted octanol–water partition coefficient (Wildman–Crippen LogP) is 1.92. The van der Waals surface area contributed by atoms with Crippen LogP contribution in [0, 0.1) is 0 Å². The van der Waals surface area contributed by atoms with Crippen LogP contribution in [0.4, 0.5) is 0 Å². The molecule has 0 amide bonds. The van der Waals surface area contributed by atoms with E-state index in [1.807, 2.05) is 4.90 Å². The van der Waals surface area contributed by atoms with Gasteiger partial charge in [0.2, 0.25) is 0 Å². The summed E-state index contributed by atoms with van der Waals surface area (Å²) in [4.78, 5) is 13.3. The SMILES string of the molecule is O=C(O)C(c1ccccc1Cl)N1CCC(O)CC1. The molecule has 1 atom stereocenters. The van der Waals surface area contributed by atoms with E-state index in [1.54, 1.807) is 24.3 Å². The molecule has 0 aliphatic carbocycles. The second-order valence-corrected chi connectivity index (χ2v) is 4.94. The van der Waals surface area contributed by atoms with Gasteiger partial charge in [-0.15, -0.1) is 0 Å². The number of carboxylic acid groups (broad SMARTS) is 1. The molecule has 1 aromatic rings. The number of piperidine rings is 1. The monoisotopic (exact) mass is 269 g/mol. The molecule has 98 valence electrons. The molecule has 1 aliphatic rings. The molecular weight excluding hydrogens is 254 g/mol. The van der Waals surface area contributed by atoms with E-state index in [-0.39, 0.29) is 6.10 Å². The van der Waals surface area contributed by atoms with Crippen molar-refractivity contribution in [1.82, 2.24) is 4.90 Å². The van der Waals surface area contributed by atoms with Crippen LogP contribution < -0.4 is 0 Å². The number of aliphatic hydroxyl groups is 1. The van der Waals surface area contributed by atoms with E-state index in [0.29, 0.717) is 36.5 Å². The number of halogens is 1. The van der Waals surface area contributed by atoms with Crippen molar-refractivity contribution in [1.29, 1.82) is 0 Å². The molecule has 0 bridgehead atoms. The summed E-state index contributed by atoms with van der Waals surface area (Å²) in [7, 11) is 0. The lowest BCUT2D eigenvalue weighted by Gasteiger charge is -2.34. The largest absolute Gasteiger partial charge is 0.480 e. The Bertz CT molecular complexity index is 430. The summed E-state index contributed by atoms with van der Waals surface area (Å²) >= 11 is 6.07. The van der Waals surface area contributed by atoms with Gasteiger partial charge in [0.05, 0.1) is 6.10 Å². The zero-order valence-corrected chi connectivity index (χ0v) is 10.7. The van der Waals surface area contributed by atoms with Crippen molar-refractivity contribution >= 4 is 17.6 Å². The molecule has 1 aliphatic heterocycles. The molecule has 5 heteroatoms. The molecule has 2 N–H and O–H groups in total. The Morgan fingerprint density at radius 1 is 1.33 bits per heavy atom. The Hall–Kier alpha value is -1.10. The number of hydrogen-bond donors (Lipinski definition) is 2. The normalized spacial score (nSPS) is 19.7. The summed E-state index contributed by atoms with van der Waals surface area (Å²) in [5.74, 6) is -0.903. The van der Waals surface area contributed by atoms with Gasteiger partial charge in [0.25, 0.3) is 0 Å². The molecule has 0 spiro atoms. The number of carboxylic acids is 1. The molecule has 1 unspecified atom stereocenters. The molecule has 1 heterocycles. The van der Waals surface area contributed by atoms with Crippen LogP contribution in [-0.4, -0.2) is 40.3 Å². The molecule has 0 radical (unpaired) electrons. The number of benzene rings is 1. The lowest BCUT2D eigenvalue weighted by Crippen LogP contribution is -2.41. The van der Waals surface area contributed by atoms with Crippen molar-refractivity contribution in [3.63, 3.8) is 0 Å². The Morgan fingerprint density at radius 2 is 1.94 bits per heavy atom. The van der Waals surface area contributed by atoms with Crippen LogP contribution >= 0.6 is 11.6 Å². The molecule has 1 aromatic carbocycles. The van der Waals surface area contributed by atoms with E-state index in [4.69, 9.17) is 11.6 Å². The molecule has 1 saturated heterocycles. The van der Waals surface area contributed by atoms with E-state index < -0.39 is 12.0 Å². The topological polar surface area (TPSA) is 60.8 Å². The highest BCUT2D eigenvalue weighted by atomic mass is 35.5. The maximum absolute atomic E-state index is 11.5. The van der Waals surface area contributed by atoms with Crippen LogP contribution in [0.1, 0.15) is 24.4 Å². The first-order valence-electron chi connectivity index (χ1n) is 5.99. The summed E-state index contributed by atoms with van der Waals surface area (Å²) in [5.41, 5.74) is 0.614. The van der Waals surface area contributed by atoms with Gasteiger partial charge in [-0.05, 0) is 24.5 Å². The molecule has 18 heavy (non-hydrogen) atoms. The minimum absolute atomic E-state index is 0.318. The highest BCUT2D eigenvalue weighted by molar-refractivity contribution is 6.31. The van der Waals surface area contributed by atoms with Crippen molar-refractivity contribution < 1.29 is 15.0 Å². The average Bonchev–Trinajstić information content (AvgIpc) is 2.34. The van der Waals surface area contributed by atoms with Crippen molar-refractivity contribution in [2.45, 2.75) is 25.0 Å². The number of hydrogen-bond acceptors (Lipinski definition) is 3. The second-order valence-electron chi connectivity index (χ2n) is 4.53. The van der Waals surface area contributed by atoms with E-state index in [1.165, 1.54) is 0 Å². The van der Waals surface area contributed by atoms with Gasteiger partial charge in [-0.1, -0.05) is 29.8 Å². The van der Waals surface area contributed by atoms with Gasteiger partial charge in [-0.2, -0.15) is 0 Å². The highest BCUT2D eigenvalue weighted by Gasteiger charge is 2.31. The van der Waals surface area contributed by atoms with Gasteiger partial charge < -0.3 is 10.2 Å². The molecule has 0 saturated carbocycles. The van der Waals surface area contributed by atoms with Gasteiger partial charge in [0, 0.05) is 18.1 Å². The smallest absolute Gasteiger partial charge is 0.325 e. The Morgan fingerprint density at radius 3 is 2.50 bits per heavy atom. The minimum atomic E-state index is -0.903. The first-order valence-corrected chi connectivity index (χ1v) is 6.36. The third kappa shape index (κ3) is 2.83. The fourth-order valence-electron chi connectivity index (χ4n) is 2.33. The summed E-state index contributed by atoms with van der Waals surface area (Å²) < 4.78 is 0. The Kier molecular flexibility index (Phi) is 4.22. The van der Waals surface area contributed by atoms with Gasteiger partial charge in [-0.25, -0.2) is 0 Å². The number of aliphatic carboxylic acids is 1.